The van der Waals surface area contributed by atoms with Crippen LogP contribution >= 0.6 is 23.2 Å². The van der Waals surface area contributed by atoms with Gasteiger partial charge in [-0.3, -0.25) is 13.9 Å². The molecule has 2 amide bonds. The average Bonchev–Trinajstić information content (AvgIpc) is 2.86. The van der Waals surface area contributed by atoms with Crippen molar-refractivity contribution in [3.63, 3.8) is 0 Å². The molecule has 0 aliphatic carbocycles. The van der Waals surface area contributed by atoms with Gasteiger partial charge >= 0.3 is 0 Å². The summed E-state index contributed by atoms with van der Waals surface area (Å²) in [4.78, 5) is 28.5. The van der Waals surface area contributed by atoms with Crippen molar-refractivity contribution >= 4 is 50.7 Å². The minimum atomic E-state index is -4.18. The molecule has 0 heterocycles. The van der Waals surface area contributed by atoms with Crippen LogP contribution in [0.2, 0.25) is 10.0 Å². The smallest absolute Gasteiger partial charge is 0.264 e. The number of rotatable bonds is 9. The molecule has 0 radical (unpaired) electrons. The van der Waals surface area contributed by atoms with Crippen molar-refractivity contribution in [3.8, 4) is 0 Å². The molecule has 1 N–H and O–H groups in total. The molecule has 0 aliphatic rings. The summed E-state index contributed by atoms with van der Waals surface area (Å²) in [5.41, 5.74) is 1.12. The lowest BCUT2D eigenvalue weighted by Crippen LogP contribution is -2.54. The first-order chi connectivity index (χ1) is 18.2. The van der Waals surface area contributed by atoms with Gasteiger partial charge in [-0.15, -0.1) is 0 Å². The second kappa shape index (κ2) is 12.4. The molecule has 0 saturated carbocycles. The molecular formula is C29H33Cl2N3O4S. The van der Waals surface area contributed by atoms with Gasteiger partial charge in [0.25, 0.3) is 10.0 Å². The van der Waals surface area contributed by atoms with E-state index < -0.39 is 34.1 Å². The van der Waals surface area contributed by atoms with Gasteiger partial charge in [-0.1, -0.05) is 59.6 Å². The zero-order valence-corrected chi connectivity index (χ0v) is 24.9. The third kappa shape index (κ3) is 7.75. The number of hydrogen-bond donors (Lipinski definition) is 1. The fourth-order valence-corrected chi connectivity index (χ4v) is 5.76. The molecule has 0 spiro atoms. The Morgan fingerprint density at radius 2 is 1.51 bits per heavy atom. The maximum absolute atomic E-state index is 14.0. The highest BCUT2D eigenvalue weighted by molar-refractivity contribution is 7.92. The topological polar surface area (TPSA) is 86.8 Å². The van der Waals surface area contributed by atoms with E-state index in [0.29, 0.717) is 26.9 Å². The molecule has 7 nitrogen and oxygen atoms in total. The molecule has 3 rings (SSSR count). The Hall–Kier alpha value is -3.07. The summed E-state index contributed by atoms with van der Waals surface area (Å²) in [6.45, 7) is 8.39. The average molecular weight is 591 g/mol. The molecule has 0 saturated heterocycles. The third-order valence-corrected chi connectivity index (χ3v) is 8.42. The van der Waals surface area contributed by atoms with Gasteiger partial charge in [0.15, 0.2) is 0 Å². The van der Waals surface area contributed by atoms with Gasteiger partial charge < -0.3 is 10.2 Å². The number of halogens is 2. The molecular weight excluding hydrogens is 557 g/mol. The van der Waals surface area contributed by atoms with Crippen LogP contribution in [0.3, 0.4) is 0 Å². The van der Waals surface area contributed by atoms with Crippen molar-refractivity contribution in [1.29, 1.82) is 0 Å². The summed E-state index contributed by atoms with van der Waals surface area (Å²) in [5.74, 6) is -0.932. The molecule has 0 aromatic heterocycles. The molecule has 0 fully saturated rings. The van der Waals surface area contributed by atoms with Gasteiger partial charge in [-0.2, -0.15) is 0 Å². The van der Waals surface area contributed by atoms with E-state index in [4.69, 9.17) is 23.2 Å². The van der Waals surface area contributed by atoms with Crippen molar-refractivity contribution in [3.05, 3.63) is 94.0 Å². The summed E-state index contributed by atoms with van der Waals surface area (Å²) in [5, 5.41) is 3.72. The maximum Gasteiger partial charge on any atom is 0.264 e. The lowest BCUT2D eigenvalue weighted by molar-refractivity contribution is -0.140. The Bertz CT molecular complexity index is 1440. The molecule has 1 unspecified atom stereocenters. The molecule has 0 bridgehead atoms. The van der Waals surface area contributed by atoms with E-state index in [-0.39, 0.29) is 17.3 Å². The summed E-state index contributed by atoms with van der Waals surface area (Å²) in [6, 6.07) is 18.8. The van der Waals surface area contributed by atoms with Crippen LogP contribution in [-0.4, -0.2) is 43.3 Å². The fourth-order valence-electron chi connectivity index (χ4n) is 3.96. The minimum Gasteiger partial charge on any atom is -0.350 e. The number of nitrogens with zero attached hydrogens (tertiary/aromatic N) is 2. The monoisotopic (exact) mass is 589 g/mol. The highest BCUT2D eigenvalue weighted by Crippen LogP contribution is 2.28. The zero-order valence-electron chi connectivity index (χ0n) is 22.6. The van der Waals surface area contributed by atoms with Crippen LogP contribution in [0.5, 0.6) is 0 Å². The normalized spacial score (nSPS) is 12.5. The number of aryl methyl sites for hydroxylation is 1. The van der Waals surface area contributed by atoms with Gasteiger partial charge in [-0.25, -0.2) is 8.42 Å². The van der Waals surface area contributed by atoms with E-state index >= 15 is 0 Å². The lowest BCUT2D eigenvalue weighted by atomic mass is 10.1. The number of benzene rings is 3. The Balaban J connectivity index is 2.06. The van der Waals surface area contributed by atoms with E-state index in [1.807, 2.05) is 20.8 Å². The van der Waals surface area contributed by atoms with Gasteiger partial charge in [0, 0.05) is 22.1 Å². The number of amides is 2. The van der Waals surface area contributed by atoms with Crippen molar-refractivity contribution < 1.29 is 18.0 Å². The predicted octanol–water partition coefficient (Wildman–Crippen LogP) is 5.83. The van der Waals surface area contributed by atoms with Crippen LogP contribution in [0.4, 0.5) is 5.69 Å². The number of anilines is 1. The molecule has 3 aromatic rings. The van der Waals surface area contributed by atoms with E-state index in [1.165, 1.54) is 29.2 Å². The third-order valence-electron chi connectivity index (χ3n) is 6.03. The SMILES string of the molecule is Cc1ccccc1N(CC(=O)N(Cc1ccccc1Cl)C(C)C(=O)NC(C)(C)C)S(=O)(=O)c1ccc(Cl)cc1. The van der Waals surface area contributed by atoms with E-state index in [2.05, 4.69) is 5.32 Å². The lowest BCUT2D eigenvalue weighted by Gasteiger charge is -2.34. The standard InChI is InChI=1S/C29H33Cl2N3O4S/c1-20-10-6-9-13-26(20)34(39(37,38)24-16-14-23(30)15-17-24)19-27(35)33(18-22-11-7-8-12-25(22)31)21(2)28(36)32-29(3,4)5/h6-17,21H,18-19H2,1-5H3,(H,32,36). The summed E-state index contributed by atoms with van der Waals surface area (Å²) < 4.78 is 28.8. The molecule has 3 aromatic carbocycles. The Kier molecular flexibility index (Phi) is 9.69. The number of carbonyl (C=O) groups excluding carboxylic acids is 2. The van der Waals surface area contributed by atoms with Crippen molar-refractivity contribution in [2.75, 3.05) is 10.8 Å². The highest BCUT2D eigenvalue weighted by atomic mass is 35.5. The van der Waals surface area contributed by atoms with Gasteiger partial charge in [0.05, 0.1) is 10.6 Å². The number of carbonyl (C=O) groups is 2. The number of sulfonamides is 1. The summed E-state index contributed by atoms with van der Waals surface area (Å²) in [6.07, 6.45) is 0. The van der Waals surface area contributed by atoms with Gasteiger partial charge in [0.1, 0.15) is 12.6 Å². The first-order valence-electron chi connectivity index (χ1n) is 12.4. The van der Waals surface area contributed by atoms with Crippen LogP contribution in [0, 0.1) is 6.92 Å². The van der Waals surface area contributed by atoms with Crippen LogP contribution < -0.4 is 9.62 Å². The second-order valence-electron chi connectivity index (χ2n) is 10.3. The first kappa shape index (κ1) is 30.5. The summed E-state index contributed by atoms with van der Waals surface area (Å²) in [7, 11) is -4.18. The van der Waals surface area contributed by atoms with Crippen molar-refractivity contribution in [2.24, 2.45) is 0 Å². The number of para-hydroxylation sites is 1. The Morgan fingerprint density at radius 3 is 2.10 bits per heavy atom. The van der Waals surface area contributed by atoms with Crippen LogP contribution in [-0.2, 0) is 26.2 Å². The van der Waals surface area contributed by atoms with Crippen LogP contribution in [0.1, 0.15) is 38.8 Å². The zero-order chi connectivity index (χ0) is 29.0. The maximum atomic E-state index is 14.0. The molecule has 1 atom stereocenters. The largest absolute Gasteiger partial charge is 0.350 e. The predicted molar refractivity (Wildman–Crippen MR) is 157 cm³/mol. The van der Waals surface area contributed by atoms with E-state index in [0.717, 1.165) is 4.31 Å². The summed E-state index contributed by atoms with van der Waals surface area (Å²) >= 11 is 12.4. The number of hydrogen-bond acceptors (Lipinski definition) is 4. The quantitative estimate of drug-likeness (QED) is 0.340. The van der Waals surface area contributed by atoms with E-state index in [9.17, 15) is 18.0 Å². The molecule has 10 heteroatoms. The van der Waals surface area contributed by atoms with Crippen molar-refractivity contribution in [2.45, 2.75) is 57.6 Å². The Morgan fingerprint density at radius 1 is 0.923 bits per heavy atom. The van der Waals surface area contributed by atoms with Crippen molar-refractivity contribution in [1.82, 2.24) is 10.2 Å². The first-order valence-corrected chi connectivity index (χ1v) is 14.6. The highest BCUT2D eigenvalue weighted by Gasteiger charge is 2.34. The molecule has 208 valence electrons. The second-order valence-corrected chi connectivity index (χ2v) is 13.0. The Labute approximate surface area is 240 Å². The van der Waals surface area contributed by atoms with E-state index in [1.54, 1.807) is 62.4 Å². The fraction of sp³-hybridized carbons (Fsp3) is 0.310. The number of nitrogens with one attached hydrogen (secondary N) is 1. The molecule has 0 aliphatic heterocycles. The minimum absolute atomic E-state index is 0.0137. The molecule has 39 heavy (non-hydrogen) atoms. The van der Waals surface area contributed by atoms with Crippen LogP contribution in [0.25, 0.3) is 0 Å². The van der Waals surface area contributed by atoms with Gasteiger partial charge in [0.2, 0.25) is 11.8 Å². The van der Waals surface area contributed by atoms with Gasteiger partial charge in [-0.05, 0) is 82.1 Å². The van der Waals surface area contributed by atoms with Crippen LogP contribution in [0.15, 0.2) is 77.7 Å².